The molecule has 0 aliphatic heterocycles. The topological polar surface area (TPSA) is 37.4 Å². The molecule has 0 fully saturated rings. The van der Waals surface area contributed by atoms with Crippen LogP contribution in [0.15, 0.2) is 127 Å². The van der Waals surface area contributed by atoms with Gasteiger partial charge in [-0.15, -0.1) is 0 Å². The van der Waals surface area contributed by atoms with Crippen molar-refractivity contribution in [2.75, 3.05) is 4.90 Å². The summed E-state index contributed by atoms with van der Waals surface area (Å²) in [5, 5.41) is 2.01. The molecule has 0 N–H and O–H groups in total. The Bertz CT molecular complexity index is 1540. The smallest absolute Gasteiger partial charge is 0.197 e. The molecule has 0 saturated carbocycles. The summed E-state index contributed by atoms with van der Waals surface area (Å²) in [6, 6.07) is 39.7. The van der Waals surface area contributed by atoms with Gasteiger partial charge in [0.25, 0.3) is 0 Å². The van der Waals surface area contributed by atoms with Crippen molar-refractivity contribution in [2.24, 2.45) is 0 Å². The van der Waals surface area contributed by atoms with E-state index in [1.165, 1.54) is 0 Å². The lowest BCUT2D eigenvalue weighted by atomic mass is 9.98. The third-order valence-corrected chi connectivity index (χ3v) is 6.41. The van der Waals surface area contributed by atoms with Crippen molar-refractivity contribution < 1.29 is 9.59 Å². The number of anilines is 3. The van der Waals surface area contributed by atoms with Gasteiger partial charge in [-0.05, 0) is 47.4 Å². The van der Waals surface area contributed by atoms with E-state index in [-0.39, 0.29) is 17.1 Å². The van der Waals surface area contributed by atoms with Gasteiger partial charge >= 0.3 is 0 Å². The number of ketones is 2. The van der Waals surface area contributed by atoms with Crippen LogP contribution in [0.2, 0.25) is 0 Å². The lowest BCUT2D eigenvalue weighted by molar-refractivity contribution is 0.0990. The average Bonchev–Trinajstić information content (AvgIpc) is 3.16. The Hall–Kier alpha value is -4.76. The van der Waals surface area contributed by atoms with Gasteiger partial charge < -0.3 is 4.90 Å². The molecule has 0 aromatic heterocycles. The normalized spacial score (nSPS) is 12.6. The van der Waals surface area contributed by atoms with Crippen LogP contribution in [0.5, 0.6) is 0 Å². The zero-order valence-electron chi connectivity index (χ0n) is 18.9. The van der Waals surface area contributed by atoms with Crippen molar-refractivity contribution in [2.45, 2.75) is 0 Å². The van der Waals surface area contributed by atoms with Crippen molar-refractivity contribution in [1.29, 1.82) is 0 Å². The summed E-state index contributed by atoms with van der Waals surface area (Å²) in [6.07, 6.45) is 1.74. The maximum absolute atomic E-state index is 13.0. The van der Waals surface area contributed by atoms with E-state index in [0.717, 1.165) is 33.4 Å². The monoisotopic (exact) mass is 451 g/mol. The zero-order valence-corrected chi connectivity index (χ0v) is 18.9. The van der Waals surface area contributed by atoms with Gasteiger partial charge in [-0.2, -0.15) is 0 Å². The highest BCUT2D eigenvalue weighted by molar-refractivity contribution is 6.41. The Labute approximate surface area is 203 Å². The molecule has 5 aromatic rings. The molecule has 0 atom stereocenters. The minimum atomic E-state index is -0.214. The van der Waals surface area contributed by atoms with E-state index in [1.807, 2.05) is 60.7 Å². The molecule has 35 heavy (non-hydrogen) atoms. The minimum Gasteiger partial charge on any atom is -0.310 e. The second-order valence-electron chi connectivity index (χ2n) is 8.49. The molecule has 1 aliphatic carbocycles. The van der Waals surface area contributed by atoms with Crippen LogP contribution in [0, 0.1) is 0 Å². The van der Waals surface area contributed by atoms with Crippen molar-refractivity contribution in [3.63, 3.8) is 0 Å². The van der Waals surface area contributed by atoms with E-state index < -0.39 is 0 Å². The molecule has 0 radical (unpaired) electrons. The lowest BCUT2D eigenvalue weighted by Crippen LogP contribution is -2.10. The summed E-state index contributed by atoms with van der Waals surface area (Å²) < 4.78 is 0. The molecular weight excluding hydrogens is 430 g/mol. The van der Waals surface area contributed by atoms with E-state index in [1.54, 1.807) is 30.3 Å². The van der Waals surface area contributed by atoms with E-state index in [0.29, 0.717) is 11.1 Å². The van der Waals surface area contributed by atoms with Crippen LogP contribution in [0.25, 0.3) is 16.8 Å². The lowest BCUT2D eigenvalue weighted by Gasteiger charge is -2.27. The first-order valence-electron chi connectivity index (χ1n) is 11.5. The Kier molecular flexibility index (Phi) is 5.08. The van der Waals surface area contributed by atoms with Crippen molar-refractivity contribution in [3.8, 4) is 0 Å². The van der Waals surface area contributed by atoms with Crippen molar-refractivity contribution >= 4 is 45.5 Å². The van der Waals surface area contributed by atoms with Gasteiger partial charge in [0.05, 0.1) is 11.3 Å². The molecule has 0 spiro atoms. The molecule has 3 heteroatoms. The third kappa shape index (κ3) is 3.54. The summed E-state index contributed by atoms with van der Waals surface area (Å²) in [5.41, 5.74) is 5.13. The number of rotatable bonds is 4. The molecule has 0 amide bonds. The van der Waals surface area contributed by atoms with Gasteiger partial charge in [0, 0.05) is 27.9 Å². The highest BCUT2D eigenvalue weighted by Crippen LogP contribution is 2.40. The Morgan fingerprint density at radius 1 is 0.486 bits per heavy atom. The summed E-state index contributed by atoms with van der Waals surface area (Å²) in [6.45, 7) is 0. The number of allylic oxidation sites excluding steroid dienone is 1. The maximum Gasteiger partial charge on any atom is 0.197 e. The summed E-state index contributed by atoms with van der Waals surface area (Å²) in [7, 11) is 0. The second-order valence-corrected chi connectivity index (χ2v) is 8.49. The standard InChI is InChI=1S/C32H21NO2/c34-31-27-17-9-10-18-28(27)32(35)29(31)21-22-19-20-30(26-16-8-7-15-25(22)26)33(23-11-3-1-4-12-23)24-13-5-2-6-14-24/h1-21H. The number of hydrogen-bond acceptors (Lipinski definition) is 3. The molecule has 6 rings (SSSR count). The van der Waals surface area contributed by atoms with Crippen molar-refractivity contribution in [3.05, 3.63) is 144 Å². The number of hydrogen-bond donors (Lipinski definition) is 0. The third-order valence-electron chi connectivity index (χ3n) is 6.41. The van der Waals surface area contributed by atoms with Crippen LogP contribution in [0.4, 0.5) is 17.1 Å². The maximum atomic E-state index is 13.0. The summed E-state index contributed by atoms with van der Waals surface area (Å²) in [5.74, 6) is -0.428. The van der Waals surface area contributed by atoms with E-state index >= 15 is 0 Å². The van der Waals surface area contributed by atoms with Crippen LogP contribution >= 0.6 is 0 Å². The molecule has 166 valence electrons. The SMILES string of the molecule is O=C1C(=Cc2ccc(N(c3ccccc3)c3ccccc3)c3ccccc23)C(=O)c2ccccc21. The Morgan fingerprint density at radius 2 is 0.971 bits per heavy atom. The summed E-state index contributed by atoms with van der Waals surface area (Å²) in [4.78, 5) is 28.2. The highest BCUT2D eigenvalue weighted by atomic mass is 16.2. The van der Waals surface area contributed by atoms with Crippen LogP contribution in [0.3, 0.4) is 0 Å². The molecular formula is C32H21NO2. The Morgan fingerprint density at radius 3 is 1.54 bits per heavy atom. The number of benzene rings is 5. The predicted octanol–water partition coefficient (Wildman–Crippen LogP) is 7.77. The fraction of sp³-hybridized carbons (Fsp3) is 0. The first-order valence-corrected chi connectivity index (χ1v) is 11.5. The fourth-order valence-corrected chi connectivity index (χ4v) is 4.77. The first-order chi connectivity index (χ1) is 17.2. The largest absolute Gasteiger partial charge is 0.310 e. The van der Waals surface area contributed by atoms with Gasteiger partial charge in [-0.3, -0.25) is 9.59 Å². The predicted molar refractivity (Wildman–Crippen MR) is 142 cm³/mol. The van der Waals surface area contributed by atoms with Gasteiger partial charge in [0.2, 0.25) is 0 Å². The number of nitrogens with zero attached hydrogens (tertiary/aromatic N) is 1. The highest BCUT2D eigenvalue weighted by Gasteiger charge is 2.32. The van der Waals surface area contributed by atoms with Gasteiger partial charge in [0.15, 0.2) is 11.6 Å². The quantitative estimate of drug-likeness (QED) is 0.207. The summed E-state index contributed by atoms with van der Waals surface area (Å²) >= 11 is 0. The average molecular weight is 452 g/mol. The van der Waals surface area contributed by atoms with E-state index in [2.05, 4.69) is 41.3 Å². The zero-order chi connectivity index (χ0) is 23.8. The number of carbonyl (C=O) groups excluding carboxylic acids is 2. The number of para-hydroxylation sites is 2. The van der Waals surface area contributed by atoms with E-state index in [4.69, 9.17) is 0 Å². The molecule has 3 nitrogen and oxygen atoms in total. The van der Waals surface area contributed by atoms with E-state index in [9.17, 15) is 9.59 Å². The van der Waals surface area contributed by atoms with Crippen LogP contribution in [-0.4, -0.2) is 11.6 Å². The molecule has 0 bridgehead atoms. The van der Waals surface area contributed by atoms with Gasteiger partial charge in [-0.1, -0.05) is 91.0 Å². The number of fused-ring (bicyclic) bond motifs is 2. The minimum absolute atomic E-state index is 0.214. The molecule has 0 heterocycles. The first kappa shape index (κ1) is 20.8. The van der Waals surface area contributed by atoms with Crippen molar-refractivity contribution in [1.82, 2.24) is 0 Å². The van der Waals surface area contributed by atoms with Crippen LogP contribution in [0.1, 0.15) is 26.3 Å². The molecule has 5 aromatic carbocycles. The van der Waals surface area contributed by atoms with Crippen LogP contribution in [-0.2, 0) is 0 Å². The van der Waals surface area contributed by atoms with Gasteiger partial charge in [-0.25, -0.2) is 0 Å². The molecule has 0 saturated heterocycles. The number of carbonyl (C=O) groups is 2. The van der Waals surface area contributed by atoms with Gasteiger partial charge in [0.1, 0.15) is 0 Å². The molecule has 0 unspecified atom stereocenters. The molecule has 1 aliphatic rings. The number of Topliss-reactive ketones (excluding diaryl/α,β-unsaturated/α-hetero) is 2. The fourth-order valence-electron chi connectivity index (χ4n) is 4.77. The van der Waals surface area contributed by atoms with Crippen LogP contribution < -0.4 is 4.90 Å². The Balaban J connectivity index is 1.53. The second kappa shape index (κ2) is 8.54.